The molecule has 0 saturated carbocycles. The summed E-state index contributed by atoms with van der Waals surface area (Å²) in [6, 6.07) is 12.2. The zero-order chi connectivity index (χ0) is 22.6. The molecule has 1 unspecified atom stereocenters. The van der Waals surface area contributed by atoms with Crippen LogP contribution in [0, 0.1) is 0 Å². The van der Waals surface area contributed by atoms with Crippen molar-refractivity contribution in [3.8, 4) is 0 Å². The largest absolute Gasteiger partial charge is 0.339 e. The molecular formula is C26H29N5O2. The van der Waals surface area contributed by atoms with Crippen LogP contribution < -0.4 is 10.6 Å². The standard InChI is InChI=1S/C26H29N5O2/c32-24(30-12-4-7-21(10-13-30)20-5-2-1-3-6-20)9-8-19-15-22-18-31-14-11-27-17-23(31)26(33)29-25(22)28-16-19/h1-3,5-9,15-16,23,27H,4,10-14,17-18H2,(H,28,29,33)/b9-8+. The molecule has 0 bridgehead atoms. The summed E-state index contributed by atoms with van der Waals surface area (Å²) in [4.78, 5) is 34.0. The van der Waals surface area contributed by atoms with Crippen LogP contribution in [0.3, 0.4) is 0 Å². The highest BCUT2D eigenvalue weighted by Crippen LogP contribution is 2.24. The number of piperazine rings is 1. The molecule has 2 N–H and O–H groups in total. The first-order valence-corrected chi connectivity index (χ1v) is 11.6. The maximum absolute atomic E-state index is 12.9. The maximum atomic E-state index is 12.9. The van der Waals surface area contributed by atoms with Crippen molar-refractivity contribution in [1.82, 2.24) is 20.1 Å². The van der Waals surface area contributed by atoms with Crippen molar-refractivity contribution < 1.29 is 9.59 Å². The monoisotopic (exact) mass is 443 g/mol. The van der Waals surface area contributed by atoms with E-state index in [4.69, 9.17) is 0 Å². The van der Waals surface area contributed by atoms with E-state index in [-0.39, 0.29) is 17.9 Å². The lowest BCUT2D eigenvalue weighted by atomic mass is 10.0. The first-order chi connectivity index (χ1) is 16.2. The number of fused-ring (bicyclic) bond motifs is 2. The van der Waals surface area contributed by atoms with Gasteiger partial charge in [0.05, 0.1) is 0 Å². The van der Waals surface area contributed by atoms with Crippen molar-refractivity contribution in [2.24, 2.45) is 0 Å². The molecule has 7 nitrogen and oxygen atoms in total. The van der Waals surface area contributed by atoms with Crippen LogP contribution in [0.25, 0.3) is 11.6 Å². The van der Waals surface area contributed by atoms with Crippen LogP contribution in [0.1, 0.15) is 29.5 Å². The minimum atomic E-state index is -0.175. The number of nitrogens with zero attached hydrogens (tertiary/aromatic N) is 3. The molecule has 0 radical (unpaired) electrons. The van der Waals surface area contributed by atoms with Crippen LogP contribution in [0.2, 0.25) is 0 Å². The second-order valence-corrected chi connectivity index (χ2v) is 8.75. The zero-order valence-electron chi connectivity index (χ0n) is 18.7. The lowest BCUT2D eigenvalue weighted by Gasteiger charge is -2.32. The zero-order valence-corrected chi connectivity index (χ0v) is 18.7. The second-order valence-electron chi connectivity index (χ2n) is 8.75. The molecule has 1 aromatic carbocycles. The molecule has 2 amide bonds. The van der Waals surface area contributed by atoms with Crippen molar-refractivity contribution in [1.29, 1.82) is 0 Å². The lowest BCUT2D eigenvalue weighted by Crippen LogP contribution is -2.54. The van der Waals surface area contributed by atoms with Gasteiger partial charge in [-0.15, -0.1) is 0 Å². The number of carbonyl (C=O) groups is 2. The number of nitrogens with one attached hydrogen (secondary N) is 2. The van der Waals surface area contributed by atoms with Gasteiger partial charge in [-0.3, -0.25) is 14.5 Å². The van der Waals surface area contributed by atoms with Gasteiger partial charge < -0.3 is 15.5 Å². The van der Waals surface area contributed by atoms with E-state index in [0.717, 1.165) is 43.6 Å². The van der Waals surface area contributed by atoms with E-state index < -0.39 is 0 Å². The van der Waals surface area contributed by atoms with E-state index in [1.54, 1.807) is 12.3 Å². The second kappa shape index (κ2) is 9.68. The summed E-state index contributed by atoms with van der Waals surface area (Å²) in [7, 11) is 0. The van der Waals surface area contributed by atoms with Gasteiger partial charge in [-0.2, -0.15) is 0 Å². The van der Waals surface area contributed by atoms with Gasteiger partial charge in [-0.1, -0.05) is 36.4 Å². The quantitative estimate of drug-likeness (QED) is 0.713. The number of aromatic nitrogens is 1. The Bertz CT molecular complexity index is 1100. The molecule has 7 heteroatoms. The van der Waals surface area contributed by atoms with Crippen molar-refractivity contribution >= 4 is 29.3 Å². The van der Waals surface area contributed by atoms with E-state index in [1.807, 2.05) is 23.1 Å². The third kappa shape index (κ3) is 4.89. The summed E-state index contributed by atoms with van der Waals surface area (Å²) >= 11 is 0. The highest BCUT2D eigenvalue weighted by molar-refractivity contribution is 5.96. The fourth-order valence-electron chi connectivity index (χ4n) is 4.74. The fraction of sp³-hybridized carbons (Fsp3) is 0.346. The van der Waals surface area contributed by atoms with Gasteiger partial charge in [0.15, 0.2) is 0 Å². The van der Waals surface area contributed by atoms with Crippen LogP contribution in [0.4, 0.5) is 5.82 Å². The van der Waals surface area contributed by atoms with Crippen LogP contribution in [0.5, 0.6) is 0 Å². The van der Waals surface area contributed by atoms with Crippen molar-refractivity contribution in [3.05, 3.63) is 71.4 Å². The van der Waals surface area contributed by atoms with E-state index in [9.17, 15) is 9.59 Å². The summed E-state index contributed by atoms with van der Waals surface area (Å²) in [6.07, 6.45) is 9.14. The van der Waals surface area contributed by atoms with E-state index in [1.165, 1.54) is 11.1 Å². The number of hydrogen-bond donors (Lipinski definition) is 2. The molecule has 1 saturated heterocycles. The molecule has 5 rings (SSSR count). The van der Waals surface area contributed by atoms with Crippen LogP contribution in [-0.4, -0.2) is 65.4 Å². The van der Waals surface area contributed by atoms with Crippen LogP contribution >= 0.6 is 0 Å². The van der Waals surface area contributed by atoms with E-state index in [2.05, 4.69) is 50.9 Å². The molecular weight excluding hydrogens is 414 g/mol. The molecule has 0 spiro atoms. The van der Waals surface area contributed by atoms with Gasteiger partial charge in [-0.05, 0) is 41.7 Å². The first kappa shape index (κ1) is 21.6. The number of benzene rings is 1. The summed E-state index contributed by atoms with van der Waals surface area (Å²) in [5.41, 5.74) is 4.38. The molecule has 0 aliphatic carbocycles. The Morgan fingerprint density at radius 1 is 1.15 bits per heavy atom. The molecule has 3 aliphatic rings. The van der Waals surface area contributed by atoms with Crippen molar-refractivity contribution in [2.45, 2.75) is 25.4 Å². The van der Waals surface area contributed by atoms with Gasteiger partial charge >= 0.3 is 0 Å². The number of anilines is 1. The smallest absolute Gasteiger partial charge is 0.246 e. The normalized spacial score (nSPS) is 21.5. The fourth-order valence-corrected chi connectivity index (χ4v) is 4.74. The van der Waals surface area contributed by atoms with Gasteiger partial charge in [0.25, 0.3) is 0 Å². The summed E-state index contributed by atoms with van der Waals surface area (Å²) < 4.78 is 0. The predicted molar refractivity (Wildman–Crippen MR) is 129 cm³/mol. The third-order valence-corrected chi connectivity index (χ3v) is 6.58. The summed E-state index contributed by atoms with van der Waals surface area (Å²) in [6.45, 7) is 4.45. The topological polar surface area (TPSA) is 77.6 Å². The third-order valence-electron chi connectivity index (χ3n) is 6.58. The Morgan fingerprint density at radius 2 is 2.03 bits per heavy atom. The highest BCUT2D eigenvalue weighted by Gasteiger charge is 2.32. The first-order valence-electron chi connectivity index (χ1n) is 11.6. The molecule has 33 heavy (non-hydrogen) atoms. The van der Waals surface area contributed by atoms with Gasteiger partial charge in [0, 0.05) is 57.1 Å². The van der Waals surface area contributed by atoms with Gasteiger partial charge in [0.2, 0.25) is 11.8 Å². The Hall–Kier alpha value is -3.29. The number of hydrogen-bond acceptors (Lipinski definition) is 5. The summed E-state index contributed by atoms with van der Waals surface area (Å²) in [5.74, 6) is 0.615. The number of rotatable bonds is 3. The lowest BCUT2D eigenvalue weighted by molar-refractivity contribution is -0.125. The molecule has 1 aromatic heterocycles. The van der Waals surface area contributed by atoms with Gasteiger partial charge in [-0.25, -0.2) is 4.98 Å². The minimum Gasteiger partial charge on any atom is -0.339 e. The molecule has 3 aliphatic heterocycles. The Kier molecular flexibility index (Phi) is 6.32. The molecule has 170 valence electrons. The van der Waals surface area contributed by atoms with E-state index >= 15 is 0 Å². The molecule has 4 heterocycles. The van der Waals surface area contributed by atoms with Crippen LogP contribution in [-0.2, 0) is 16.1 Å². The highest BCUT2D eigenvalue weighted by atomic mass is 16.2. The Labute approximate surface area is 194 Å². The predicted octanol–water partition coefficient (Wildman–Crippen LogP) is 2.53. The van der Waals surface area contributed by atoms with Crippen molar-refractivity contribution in [2.75, 3.05) is 38.0 Å². The van der Waals surface area contributed by atoms with Crippen molar-refractivity contribution in [3.63, 3.8) is 0 Å². The molecule has 2 aromatic rings. The molecule has 1 atom stereocenters. The molecule has 1 fully saturated rings. The maximum Gasteiger partial charge on any atom is 0.246 e. The Morgan fingerprint density at radius 3 is 2.91 bits per heavy atom. The Balaban J connectivity index is 1.24. The minimum absolute atomic E-state index is 0.0168. The summed E-state index contributed by atoms with van der Waals surface area (Å²) in [5, 5.41) is 6.23. The average Bonchev–Trinajstić information content (AvgIpc) is 3.18. The van der Waals surface area contributed by atoms with Gasteiger partial charge in [0.1, 0.15) is 11.9 Å². The number of amides is 2. The SMILES string of the molecule is O=C1Nc2ncc(/C=C/C(=O)N3CCC=C(c4ccccc4)CC3)cc2CN2CCNCC12. The number of carbonyl (C=O) groups excluding carboxylic acids is 2. The average molecular weight is 444 g/mol. The van der Waals surface area contributed by atoms with Crippen LogP contribution in [0.15, 0.2) is 54.7 Å². The van der Waals surface area contributed by atoms with E-state index in [0.29, 0.717) is 25.5 Å². The number of pyridine rings is 1.